The predicted octanol–water partition coefficient (Wildman–Crippen LogP) is 2.96. The second-order valence-electron chi connectivity index (χ2n) is 4.84. The topological polar surface area (TPSA) is 36.9 Å². The Bertz CT molecular complexity index is 534. The Kier molecular flexibility index (Phi) is 8.93. The van der Waals surface area contributed by atoms with Crippen LogP contribution < -0.4 is 10.1 Å². The standard InChI is InChI=1S/C16H20IN3O.HI/c1-3-10-19-16(18-2)20-11-8-13(9-12-20)21-15-7-5-4-6-14(15)17;/h1,4-7,13H,8-12H2,2H3,(H,18,19);1H. The smallest absolute Gasteiger partial charge is 0.194 e. The summed E-state index contributed by atoms with van der Waals surface area (Å²) in [5.74, 6) is 4.43. The highest BCUT2D eigenvalue weighted by molar-refractivity contribution is 14.1. The SMILES string of the molecule is C#CCNC(=NC)N1CCC(Oc2ccccc2I)CC1.I. The van der Waals surface area contributed by atoms with Crippen molar-refractivity contribution in [2.24, 2.45) is 4.99 Å². The maximum Gasteiger partial charge on any atom is 0.194 e. The molecule has 0 atom stereocenters. The van der Waals surface area contributed by atoms with Gasteiger partial charge in [0.1, 0.15) is 11.9 Å². The van der Waals surface area contributed by atoms with E-state index in [2.05, 4.69) is 49.8 Å². The van der Waals surface area contributed by atoms with E-state index in [1.165, 1.54) is 0 Å². The first-order valence-corrected chi connectivity index (χ1v) is 8.12. The number of hydrogen-bond donors (Lipinski definition) is 1. The lowest BCUT2D eigenvalue weighted by atomic mass is 10.1. The Balaban J connectivity index is 0.00000242. The van der Waals surface area contributed by atoms with Crippen molar-refractivity contribution in [2.75, 3.05) is 26.7 Å². The highest BCUT2D eigenvalue weighted by Gasteiger charge is 2.22. The summed E-state index contributed by atoms with van der Waals surface area (Å²) in [5, 5.41) is 3.16. The maximum atomic E-state index is 6.10. The van der Waals surface area contributed by atoms with Crippen molar-refractivity contribution >= 4 is 52.5 Å². The van der Waals surface area contributed by atoms with Crippen LogP contribution in [-0.4, -0.2) is 43.6 Å². The van der Waals surface area contributed by atoms with Gasteiger partial charge in [-0.15, -0.1) is 30.4 Å². The predicted molar refractivity (Wildman–Crippen MR) is 110 cm³/mol. The van der Waals surface area contributed by atoms with Crippen LogP contribution in [0.1, 0.15) is 12.8 Å². The molecule has 1 saturated heterocycles. The molecule has 1 fully saturated rings. The number of likely N-dealkylation sites (tertiary alicyclic amines) is 1. The van der Waals surface area contributed by atoms with Crippen molar-refractivity contribution in [1.29, 1.82) is 0 Å². The molecule has 0 amide bonds. The van der Waals surface area contributed by atoms with Crippen LogP contribution in [0.2, 0.25) is 0 Å². The minimum atomic E-state index is 0. The van der Waals surface area contributed by atoms with Gasteiger partial charge in [-0.2, -0.15) is 0 Å². The number of piperidine rings is 1. The number of rotatable bonds is 3. The van der Waals surface area contributed by atoms with Gasteiger partial charge >= 0.3 is 0 Å². The zero-order valence-corrected chi connectivity index (χ0v) is 17.1. The van der Waals surface area contributed by atoms with Gasteiger partial charge in [0.15, 0.2) is 5.96 Å². The van der Waals surface area contributed by atoms with Gasteiger partial charge in [-0.3, -0.25) is 4.99 Å². The van der Waals surface area contributed by atoms with Gasteiger partial charge in [-0.25, -0.2) is 0 Å². The highest BCUT2D eigenvalue weighted by atomic mass is 127. The minimum absolute atomic E-state index is 0. The van der Waals surface area contributed by atoms with E-state index in [9.17, 15) is 0 Å². The number of nitrogens with one attached hydrogen (secondary N) is 1. The lowest BCUT2D eigenvalue weighted by Crippen LogP contribution is -2.47. The number of para-hydroxylation sites is 1. The molecular formula is C16H21I2N3O. The van der Waals surface area contributed by atoms with E-state index >= 15 is 0 Å². The van der Waals surface area contributed by atoms with Gasteiger partial charge in [0.2, 0.25) is 0 Å². The van der Waals surface area contributed by atoms with Crippen LogP contribution in [0.15, 0.2) is 29.3 Å². The Morgan fingerprint density at radius 2 is 2.14 bits per heavy atom. The summed E-state index contributed by atoms with van der Waals surface area (Å²) < 4.78 is 7.26. The minimum Gasteiger partial charge on any atom is -0.489 e. The van der Waals surface area contributed by atoms with Crippen molar-refractivity contribution < 1.29 is 4.74 Å². The van der Waals surface area contributed by atoms with Crippen LogP contribution >= 0.6 is 46.6 Å². The average molecular weight is 525 g/mol. The quantitative estimate of drug-likeness (QED) is 0.286. The first-order chi connectivity index (χ1) is 10.2. The zero-order valence-electron chi connectivity index (χ0n) is 12.6. The third kappa shape index (κ3) is 5.50. The summed E-state index contributed by atoms with van der Waals surface area (Å²) in [4.78, 5) is 6.50. The Labute approximate surface area is 163 Å². The fourth-order valence-corrected chi connectivity index (χ4v) is 2.88. The molecule has 1 aromatic carbocycles. The lowest BCUT2D eigenvalue weighted by Gasteiger charge is -2.34. The number of nitrogens with zero attached hydrogens (tertiary/aromatic N) is 2. The largest absolute Gasteiger partial charge is 0.489 e. The highest BCUT2D eigenvalue weighted by Crippen LogP contribution is 2.24. The molecule has 4 nitrogen and oxygen atoms in total. The molecule has 1 aromatic rings. The van der Waals surface area contributed by atoms with Crippen molar-refractivity contribution in [3.05, 3.63) is 27.8 Å². The molecule has 1 heterocycles. The maximum absolute atomic E-state index is 6.10. The van der Waals surface area contributed by atoms with Gasteiger partial charge in [0.05, 0.1) is 10.1 Å². The van der Waals surface area contributed by atoms with E-state index in [1.807, 2.05) is 18.2 Å². The molecule has 120 valence electrons. The molecule has 0 spiro atoms. The third-order valence-electron chi connectivity index (χ3n) is 3.43. The van der Waals surface area contributed by atoms with Crippen LogP contribution in [-0.2, 0) is 0 Å². The molecule has 6 heteroatoms. The molecule has 0 bridgehead atoms. The average Bonchev–Trinajstić information content (AvgIpc) is 2.52. The molecule has 0 aliphatic carbocycles. The Morgan fingerprint density at radius 3 is 2.73 bits per heavy atom. The lowest BCUT2D eigenvalue weighted by molar-refractivity contribution is 0.128. The first kappa shape index (κ1) is 19.4. The van der Waals surface area contributed by atoms with Gasteiger partial charge in [0.25, 0.3) is 0 Å². The summed E-state index contributed by atoms with van der Waals surface area (Å²) in [7, 11) is 1.79. The molecule has 1 aliphatic heterocycles. The first-order valence-electron chi connectivity index (χ1n) is 7.05. The number of ether oxygens (including phenoxy) is 1. The van der Waals surface area contributed by atoms with Gasteiger partial charge in [-0.1, -0.05) is 18.1 Å². The number of benzene rings is 1. The molecule has 1 N–H and O–H groups in total. The number of terminal acetylenes is 1. The molecule has 0 saturated carbocycles. The van der Waals surface area contributed by atoms with Crippen molar-refractivity contribution in [3.63, 3.8) is 0 Å². The summed E-state index contributed by atoms with van der Waals surface area (Å²) in [5.41, 5.74) is 0. The number of aliphatic imine (C=N–C) groups is 1. The van der Waals surface area contributed by atoms with E-state index in [0.29, 0.717) is 6.54 Å². The van der Waals surface area contributed by atoms with E-state index < -0.39 is 0 Å². The number of hydrogen-bond acceptors (Lipinski definition) is 2. The molecule has 2 rings (SSSR count). The summed E-state index contributed by atoms with van der Waals surface area (Å²) in [6, 6.07) is 8.13. The molecule has 22 heavy (non-hydrogen) atoms. The van der Waals surface area contributed by atoms with Gasteiger partial charge in [-0.05, 0) is 34.7 Å². The van der Waals surface area contributed by atoms with E-state index in [4.69, 9.17) is 11.2 Å². The second kappa shape index (κ2) is 10.2. The van der Waals surface area contributed by atoms with Crippen LogP contribution in [0.25, 0.3) is 0 Å². The fraction of sp³-hybridized carbons (Fsp3) is 0.438. The normalized spacial score (nSPS) is 15.7. The van der Waals surface area contributed by atoms with E-state index in [1.54, 1.807) is 7.05 Å². The summed E-state index contributed by atoms with van der Waals surface area (Å²) >= 11 is 2.31. The third-order valence-corrected chi connectivity index (χ3v) is 4.32. The number of halogens is 2. The monoisotopic (exact) mass is 525 g/mol. The van der Waals surface area contributed by atoms with E-state index in [-0.39, 0.29) is 30.1 Å². The van der Waals surface area contributed by atoms with Gasteiger partial charge < -0.3 is 15.0 Å². The van der Waals surface area contributed by atoms with Crippen LogP contribution in [0.4, 0.5) is 0 Å². The summed E-state index contributed by atoms with van der Waals surface area (Å²) in [6.45, 7) is 2.36. The van der Waals surface area contributed by atoms with E-state index in [0.717, 1.165) is 41.2 Å². The molecular weight excluding hydrogens is 504 g/mol. The molecule has 0 aromatic heterocycles. The van der Waals surface area contributed by atoms with Crippen molar-refractivity contribution in [3.8, 4) is 18.1 Å². The van der Waals surface area contributed by atoms with Crippen LogP contribution in [0.5, 0.6) is 5.75 Å². The summed E-state index contributed by atoms with van der Waals surface area (Å²) in [6.07, 6.45) is 7.52. The molecule has 0 radical (unpaired) electrons. The van der Waals surface area contributed by atoms with Crippen molar-refractivity contribution in [2.45, 2.75) is 18.9 Å². The Morgan fingerprint density at radius 1 is 1.45 bits per heavy atom. The zero-order chi connectivity index (χ0) is 15.1. The number of guanidine groups is 1. The Hall–Kier alpha value is -0.690. The molecule has 1 aliphatic rings. The van der Waals surface area contributed by atoms with Gasteiger partial charge in [0, 0.05) is 33.0 Å². The fourth-order valence-electron chi connectivity index (χ4n) is 2.37. The second-order valence-corrected chi connectivity index (χ2v) is 6.00. The van der Waals surface area contributed by atoms with Crippen LogP contribution in [0, 0.1) is 15.9 Å². The van der Waals surface area contributed by atoms with Crippen LogP contribution in [0.3, 0.4) is 0 Å². The van der Waals surface area contributed by atoms with Crippen molar-refractivity contribution in [1.82, 2.24) is 10.2 Å². The molecule has 0 unspecified atom stereocenters.